The van der Waals surface area contributed by atoms with Gasteiger partial charge < -0.3 is 14.0 Å². The Balaban J connectivity index is 0.000000169. The molecule has 0 unspecified atom stereocenters. The smallest absolute Gasteiger partial charge is 0.120 e. The Bertz CT molecular complexity index is 3750. The van der Waals surface area contributed by atoms with Crippen LogP contribution in [0.3, 0.4) is 0 Å². The number of rotatable bonds is 8. The molecular weight excluding hydrogens is 1040 g/mol. The minimum atomic E-state index is -1.44. The second-order valence-electron chi connectivity index (χ2n) is 18.7. The van der Waals surface area contributed by atoms with Crippen molar-refractivity contribution in [3.05, 3.63) is 206 Å². The van der Waals surface area contributed by atoms with E-state index in [0.29, 0.717) is 5.92 Å². The fourth-order valence-electron chi connectivity index (χ4n) is 9.48. The molecule has 0 aliphatic carbocycles. The number of thiophene rings is 1. The third-order valence-corrected chi connectivity index (χ3v) is 15.8. The van der Waals surface area contributed by atoms with E-state index in [9.17, 15) is 0 Å². The Hall–Kier alpha value is -6.73. The van der Waals surface area contributed by atoms with Gasteiger partial charge in [-0.05, 0) is 80.3 Å². The Morgan fingerprint density at radius 1 is 0.632 bits per heavy atom. The van der Waals surface area contributed by atoms with Crippen molar-refractivity contribution in [3.8, 4) is 50.6 Å². The quantitative estimate of drug-likeness (QED) is 0.112. The van der Waals surface area contributed by atoms with Crippen molar-refractivity contribution in [2.24, 2.45) is 5.92 Å². The van der Waals surface area contributed by atoms with Crippen molar-refractivity contribution in [1.82, 2.24) is 14.5 Å². The zero-order valence-electron chi connectivity index (χ0n) is 38.7. The molecule has 0 saturated carbocycles. The van der Waals surface area contributed by atoms with Crippen LogP contribution in [0.5, 0.6) is 0 Å². The molecule has 0 fully saturated rings. The van der Waals surface area contributed by atoms with E-state index in [-0.39, 0.29) is 20.1 Å². The molecule has 335 valence electrons. The van der Waals surface area contributed by atoms with Crippen LogP contribution in [0.25, 0.3) is 104 Å². The number of para-hydroxylation sites is 4. The summed E-state index contributed by atoms with van der Waals surface area (Å²) >= 11 is 1.82. The van der Waals surface area contributed by atoms with Crippen molar-refractivity contribution in [2.75, 3.05) is 0 Å². The van der Waals surface area contributed by atoms with Crippen LogP contribution in [-0.4, -0.2) is 22.6 Å². The van der Waals surface area contributed by atoms with Gasteiger partial charge in [0, 0.05) is 47.6 Å². The van der Waals surface area contributed by atoms with Crippen LogP contribution in [0.4, 0.5) is 0 Å². The summed E-state index contributed by atoms with van der Waals surface area (Å²) in [6, 6.07) is 70.7. The molecule has 4 heterocycles. The van der Waals surface area contributed by atoms with Gasteiger partial charge in [0.25, 0.3) is 0 Å². The molecule has 68 heavy (non-hydrogen) atoms. The number of nitrogens with zero attached hydrogens (tertiary/aromatic N) is 3. The van der Waals surface area contributed by atoms with E-state index in [1.54, 1.807) is 0 Å². The third-order valence-electron chi connectivity index (χ3n) is 12.6. The number of pyridine rings is 1. The van der Waals surface area contributed by atoms with Crippen molar-refractivity contribution < 1.29 is 24.5 Å². The van der Waals surface area contributed by atoms with Crippen LogP contribution in [0, 0.1) is 18.1 Å². The van der Waals surface area contributed by atoms with Crippen LogP contribution in [0.15, 0.2) is 193 Å². The van der Waals surface area contributed by atoms with Crippen molar-refractivity contribution in [3.63, 3.8) is 0 Å². The molecule has 1 radical (unpaired) electrons. The largest absolute Gasteiger partial charge is 0.501 e. The summed E-state index contributed by atoms with van der Waals surface area (Å²) < 4.78 is 11.0. The van der Waals surface area contributed by atoms with E-state index in [1.807, 2.05) is 35.6 Å². The molecular formula is C61H49IrN3OSSi-2. The first-order valence-electron chi connectivity index (χ1n) is 23.1. The summed E-state index contributed by atoms with van der Waals surface area (Å²) in [5.74, 6) is 1.52. The second-order valence-corrected chi connectivity index (χ2v) is 24.8. The van der Waals surface area contributed by atoms with Gasteiger partial charge in [-0.1, -0.05) is 188 Å². The minimum Gasteiger partial charge on any atom is -0.501 e. The van der Waals surface area contributed by atoms with Gasteiger partial charge >= 0.3 is 0 Å². The predicted molar refractivity (Wildman–Crippen MR) is 286 cm³/mol. The van der Waals surface area contributed by atoms with Gasteiger partial charge in [0.1, 0.15) is 5.58 Å². The number of hydrogen-bond donors (Lipinski definition) is 0. The summed E-state index contributed by atoms with van der Waals surface area (Å²) in [5.41, 5.74) is 14.1. The summed E-state index contributed by atoms with van der Waals surface area (Å²) in [7, 11) is -1.44. The predicted octanol–water partition coefficient (Wildman–Crippen LogP) is 16.4. The van der Waals surface area contributed by atoms with E-state index >= 15 is 0 Å². The van der Waals surface area contributed by atoms with Gasteiger partial charge in [-0.2, -0.15) is 11.3 Å². The maximum Gasteiger partial charge on any atom is 0.120 e. The molecule has 12 aromatic rings. The Morgan fingerprint density at radius 2 is 1.31 bits per heavy atom. The van der Waals surface area contributed by atoms with Gasteiger partial charge in [-0.25, -0.2) is 0 Å². The van der Waals surface area contributed by atoms with Crippen molar-refractivity contribution in [1.29, 1.82) is 0 Å². The maximum absolute atomic E-state index is 6.19. The molecule has 0 spiro atoms. The number of hydrogen-bond acceptors (Lipinski definition) is 4. The van der Waals surface area contributed by atoms with E-state index < -0.39 is 8.07 Å². The second kappa shape index (κ2) is 18.7. The van der Waals surface area contributed by atoms with Gasteiger partial charge in [0.05, 0.1) is 30.5 Å². The average Bonchev–Trinajstić information content (AvgIpc) is 4.06. The van der Waals surface area contributed by atoms with Crippen LogP contribution in [-0.2, 0) is 26.5 Å². The number of benzene rings is 8. The maximum atomic E-state index is 6.19. The molecule has 12 rings (SSSR count). The molecule has 4 aromatic heterocycles. The Kier molecular flexibility index (Phi) is 12.4. The zero-order chi connectivity index (χ0) is 45.6. The fourth-order valence-corrected chi connectivity index (χ4v) is 12.3. The topological polar surface area (TPSA) is 43.9 Å². The number of imidazole rings is 1. The van der Waals surface area contributed by atoms with Crippen molar-refractivity contribution in [2.45, 2.75) is 39.9 Å². The summed E-state index contributed by atoms with van der Waals surface area (Å²) in [5, 5.41) is 6.23. The molecule has 0 aliphatic rings. The SMILES string of the molecule is CC(C)Cc1cc(-c2[c-]ccc3c2oc2ccccc23)ncc1[Si](C)(C)C.[Ir].[c-]1ccc2c(sc3cc(-c4ccccc4)ccc32)c1-c1nc2ccccc2n1-c1ccccc1-c1ccccc1. The van der Waals surface area contributed by atoms with E-state index in [2.05, 4.69) is 214 Å². The summed E-state index contributed by atoms with van der Waals surface area (Å²) in [6.07, 6.45) is 3.18. The van der Waals surface area contributed by atoms with Crippen LogP contribution < -0.4 is 5.19 Å². The van der Waals surface area contributed by atoms with Gasteiger partial charge in [-0.3, -0.25) is 4.98 Å². The molecule has 8 aromatic carbocycles. The first-order valence-corrected chi connectivity index (χ1v) is 27.4. The van der Waals surface area contributed by atoms with Crippen LogP contribution >= 0.6 is 11.3 Å². The van der Waals surface area contributed by atoms with Crippen LogP contribution in [0.1, 0.15) is 19.4 Å². The summed E-state index contributed by atoms with van der Waals surface area (Å²) in [4.78, 5) is 10.1. The first kappa shape index (κ1) is 45.1. The zero-order valence-corrected chi connectivity index (χ0v) is 42.9. The van der Waals surface area contributed by atoms with Gasteiger partial charge in [-0.15, -0.1) is 36.4 Å². The van der Waals surface area contributed by atoms with E-state index in [4.69, 9.17) is 14.4 Å². The van der Waals surface area contributed by atoms with E-state index in [0.717, 1.165) is 67.7 Å². The number of aromatic nitrogens is 3. The molecule has 0 amide bonds. The standard InChI is InChI=1S/C37H23N2S.C24H26NOSi.Ir/c1-3-12-25(13-4-1)27-22-23-29-30-17-11-18-31(36(30)40-35(29)24-27)37-38-32-19-8-10-21-34(32)39(37)33-20-9-7-16-28(33)26-14-5-2-6-15-26;1-16(2)13-17-14-21(25-15-23(17)27(3,4)5)20-11-8-10-19-18-9-6-7-12-22(18)26-24(19)20;/h1-17,19-24H;6-10,12,14-16H,13H2,1-5H3;/q2*-1;. The van der Waals surface area contributed by atoms with E-state index in [1.165, 1.54) is 53.2 Å². The molecule has 0 aliphatic heterocycles. The minimum absolute atomic E-state index is 0. The molecule has 7 heteroatoms. The van der Waals surface area contributed by atoms with Crippen molar-refractivity contribution >= 4 is 77.7 Å². The normalized spacial score (nSPS) is 11.7. The first-order chi connectivity index (χ1) is 32.7. The molecule has 4 nitrogen and oxygen atoms in total. The fraction of sp³-hybridized carbons (Fsp3) is 0.115. The molecule has 0 saturated heterocycles. The Morgan fingerprint density at radius 3 is 2.09 bits per heavy atom. The number of fused-ring (bicyclic) bond motifs is 7. The molecule has 0 bridgehead atoms. The summed E-state index contributed by atoms with van der Waals surface area (Å²) in [6.45, 7) is 11.7. The Labute approximate surface area is 416 Å². The third kappa shape index (κ3) is 8.45. The molecule has 0 N–H and O–H groups in total. The van der Waals surface area contributed by atoms with Gasteiger partial charge in [0.15, 0.2) is 0 Å². The van der Waals surface area contributed by atoms with Crippen LogP contribution in [0.2, 0.25) is 19.6 Å². The molecule has 0 atom stereocenters. The average molecular weight is 1090 g/mol. The monoisotopic (exact) mass is 1090 g/mol. The van der Waals surface area contributed by atoms with Gasteiger partial charge in [0.2, 0.25) is 0 Å². The number of furan rings is 1.